The van der Waals surface area contributed by atoms with E-state index in [9.17, 15) is 14.4 Å². The fourth-order valence-corrected chi connectivity index (χ4v) is 4.19. The van der Waals surface area contributed by atoms with Crippen LogP contribution < -0.4 is 10.6 Å². The van der Waals surface area contributed by atoms with Crippen molar-refractivity contribution in [3.63, 3.8) is 0 Å². The number of hydrogen-bond acceptors (Lipinski definition) is 5. The Morgan fingerprint density at radius 2 is 1.89 bits per heavy atom. The van der Waals surface area contributed by atoms with E-state index in [1.54, 1.807) is 18.2 Å². The number of nitrogens with one attached hydrogen (secondary N) is 2. The second kappa shape index (κ2) is 9.18. The highest BCUT2D eigenvalue weighted by molar-refractivity contribution is 9.10. The van der Waals surface area contributed by atoms with Crippen LogP contribution in [0.15, 0.2) is 53.0 Å². The second-order valence-electron chi connectivity index (χ2n) is 5.64. The largest absolute Gasteiger partial charge is 0.454 e. The topological polar surface area (TPSA) is 84.5 Å². The molecule has 9 heteroatoms. The first-order valence-electron chi connectivity index (χ1n) is 8.10. The molecule has 6 nitrogen and oxygen atoms in total. The zero-order valence-corrected chi connectivity index (χ0v) is 17.5. The summed E-state index contributed by atoms with van der Waals surface area (Å²) in [4.78, 5) is 36.2. The number of thiophene rings is 1. The van der Waals surface area contributed by atoms with Gasteiger partial charge >= 0.3 is 5.97 Å². The number of rotatable bonds is 6. The lowest BCUT2D eigenvalue weighted by Gasteiger charge is -2.07. The predicted octanol–water partition coefficient (Wildman–Crippen LogP) is 4.23. The summed E-state index contributed by atoms with van der Waals surface area (Å²) >= 11 is 10.8. The summed E-state index contributed by atoms with van der Waals surface area (Å²) < 4.78 is 6.56. The van der Waals surface area contributed by atoms with Crippen LogP contribution in [0.2, 0.25) is 5.02 Å². The van der Waals surface area contributed by atoms with Gasteiger partial charge in [0.25, 0.3) is 11.8 Å². The normalized spacial score (nSPS) is 10.5. The summed E-state index contributed by atoms with van der Waals surface area (Å²) in [6, 6.07) is 14.4. The minimum atomic E-state index is -0.727. The zero-order valence-electron chi connectivity index (χ0n) is 14.3. The Balaban J connectivity index is 1.47. The van der Waals surface area contributed by atoms with Crippen molar-refractivity contribution in [2.75, 3.05) is 18.5 Å². The number of ether oxygens (including phenoxy) is 1. The Kier molecular flexibility index (Phi) is 6.66. The molecule has 2 N–H and O–H groups in total. The monoisotopic (exact) mass is 480 g/mol. The average Bonchev–Trinajstić information content (AvgIpc) is 3.01. The van der Waals surface area contributed by atoms with Crippen LogP contribution in [0.3, 0.4) is 0 Å². The van der Waals surface area contributed by atoms with E-state index in [0.29, 0.717) is 15.6 Å². The maximum Gasteiger partial charge on any atom is 0.325 e. The molecule has 28 heavy (non-hydrogen) atoms. The van der Waals surface area contributed by atoms with Crippen molar-refractivity contribution in [3.05, 3.63) is 62.9 Å². The van der Waals surface area contributed by atoms with Gasteiger partial charge in [-0.2, -0.15) is 0 Å². The molecule has 1 aromatic heterocycles. The van der Waals surface area contributed by atoms with Gasteiger partial charge in [0.15, 0.2) is 6.61 Å². The quantitative estimate of drug-likeness (QED) is 0.516. The number of anilines is 1. The average molecular weight is 482 g/mol. The molecule has 0 aliphatic rings. The van der Waals surface area contributed by atoms with Gasteiger partial charge in [-0.25, -0.2) is 0 Å². The van der Waals surface area contributed by atoms with Gasteiger partial charge in [0, 0.05) is 20.2 Å². The standard InChI is InChI=1S/C19H14BrClN2O4S/c20-11-4-3-5-12(8-11)23-15(24)10-27-16(25)9-22-19(26)18-17(21)13-6-1-2-7-14(13)28-18/h1-8H,9-10H2,(H,22,26)(H,23,24). The number of hydrogen-bond donors (Lipinski definition) is 2. The lowest BCUT2D eigenvalue weighted by Crippen LogP contribution is -2.32. The Hall–Kier alpha value is -2.42. The maximum atomic E-state index is 12.3. The van der Waals surface area contributed by atoms with Crippen LogP contribution in [0.1, 0.15) is 9.67 Å². The first-order chi connectivity index (χ1) is 13.4. The van der Waals surface area contributed by atoms with Crippen LogP contribution in [0.4, 0.5) is 5.69 Å². The number of fused-ring (bicyclic) bond motifs is 1. The molecule has 0 bridgehead atoms. The molecule has 0 aliphatic carbocycles. The number of benzene rings is 2. The van der Waals surface area contributed by atoms with Crippen molar-refractivity contribution >= 4 is 72.4 Å². The lowest BCUT2D eigenvalue weighted by molar-refractivity contribution is -0.146. The molecule has 0 fully saturated rings. The third-order valence-corrected chi connectivity index (χ3v) is 5.77. The van der Waals surface area contributed by atoms with Crippen LogP contribution in [0.25, 0.3) is 10.1 Å². The van der Waals surface area contributed by atoms with Gasteiger partial charge in [0.1, 0.15) is 11.4 Å². The lowest BCUT2D eigenvalue weighted by atomic mass is 10.2. The van der Waals surface area contributed by atoms with Crippen molar-refractivity contribution in [3.8, 4) is 0 Å². The highest BCUT2D eigenvalue weighted by atomic mass is 79.9. The molecule has 2 aromatic carbocycles. The maximum absolute atomic E-state index is 12.3. The van der Waals surface area contributed by atoms with E-state index in [2.05, 4.69) is 26.6 Å². The number of halogens is 2. The minimum absolute atomic E-state index is 0.322. The van der Waals surface area contributed by atoms with Crippen molar-refractivity contribution < 1.29 is 19.1 Å². The predicted molar refractivity (Wildman–Crippen MR) is 113 cm³/mol. The van der Waals surface area contributed by atoms with Crippen LogP contribution in [-0.4, -0.2) is 30.9 Å². The van der Waals surface area contributed by atoms with Gasteiger partial charge in [0.2, 0.25) is 0 Å². The summed E-state index contributed by atoms with van der Waals surface area (Å²) in [6.07, 6.45) is 0. The SMILES string of the molecule is O=C(COC(=O)CNC(=O)c1sc2ccccc2c1Cl)Nc1cccc(Br)c1. The molecular formula is C19H14BrClN2O4S. The van der Waals surface area contributed by atoms with Gasteiger partial charge in [-0.05, 0) is 24.3 Å². The summed E-state index contributed by atoms with van der Waals surface area (Å²) in [6.45, 7) is -0.821. The summed E-state index contributed by atoms with van der Waals surface area (Å²) in [5.74, 6) is -1.68. The summed E-state index contributed by atoms with van der Waals surface area (Å²) in [7, 11) is 0. The van der Waals surface area contributed by atoms with Gasteiger partial charge in [-0.1, -0.05) is 51.8 Å². The van der Waals surface area contributed by atoms with E-state index in [-0.39, 0.29) is 6.54 Å². The van der Waals surface area contributed by atoms with Gasteiger partial charge in [-0.15, -0.1) is 11.3 Å². The van der Waals surface area contributed by atoms with Crippen LogP contribution in [-0.2, 0) is 14.3 Å². The molecule has 0 aliphatic heterocycles. The molecule has 3 rings (SSSR count). The molecular weight excluding hydrogens is 468 g/mol. The molecule has 0 spiro atoms. The molecule has 2 amide bonds. The van der Waals surface area contributed by atoms with Crippen molar-refractivity contribution in [1.29, 1.82) is 0 Å². The molecule has 0 unspecified atom stereocenters. The van der Waals surface area contributed by atoms with Crippen molar-refractivity contribution in [1.82, 2.24) is 5.32 Å². The molecule has 0 radical (unpaired) electrons. The molecule has 0 saturated carbocycles. The molecule has 0 atom stereocenters. The fourth-order valence-electron chi connectivity index (χ4n) is 2.35. The Morgan fingerprint density at radius 1 is 1.11 bits per heavy atom. The third-order valence-electron chi connectivity index (χ3n) is 3.61. The smallest absolute Gasteiger partial charge is 0.325 e. The third kappa shape index (κ3) is 5.09. The summed E-state index contributed by atoms with van der Waals surface area (Å²) in [5, 5.41) is 6.19. The Labute approximate surface area is 178 Å². The van der Waals surface area contributed by atoms with E-state index < -0.39 is 24.4 Å². The van der Waals surface area contributed by atoms with Crippen LogP contribution in [0.5, 0.6) is 0 Å². The van der Waals surface area contributed by atoms with E-state index >= 15 is 0 Å². The highest BCUT2D eigenvalue weighted by Crippen LogP contribution is 2.34. The number of esters is 1. The number of carbonyl (C=O) groups excluding carboxylic acids is 3. The van der Waals surface area contributed by atoms with E-state index in [0.717, 1.165) is 14.6 Å². The van der Waals surface area contributed by atoms with Crippen LogP contribution >= 0.6 is 38.9 Å². The molecule has 0 saturated heterocycles. The second-order valence-corrected chi connectivity index (χ2v) is 7.99. The van der Waals surface area contributed by atoms with Gasteiger partial charge < -0.3 is 15.4 Å². The fraction of sp³-hybridized carbons (Fsp3) is 0.105. The van der Waals surface area contributed by atoms with E-state index in [4.69, 9.17) is 16.3 Å². The molecule has 144 valence electrons. The Bertz CT molecular complexity index is 1050. The van der Waals surface area contributed by atoms with Crippen LogP contribution in [0, 0.1) is 0 Å². The molecule has 3 aromatic rings. The number of carbonyl (C=O) groups is 3. The first-order valence-corrected chi connectivity index (χ1v) is 10.1. The van der Waals surface area contributed by atoms with E-state index in [1.165, 1.54) is 11.3 Å². The van der Waals surface area contributed by atoms with Gasteiger partial charge in [-0.3, -0.25) is 14.4 Å². The summed E-state index contributed by atoms with van der Waals surface area (Å²) in [5.41, 5.74) is 0.572. The highest BCUT2D eigenvalue weighted by Gasteiger charge is 2.18. The van der Waals surface area contributed by atoms with E-state index in [1.807, 2.05) is 30.3 Å². The van der Waals surface area contributed by atoms with Crippen molar-refractivity contribution in [2.45, 2.75) is 0 Å². The van der Waals surface area contributed by atoms with Gasteiger partial charge in [0.05, 0.1) is 5.02 Å². The molecule has 1 heterocycles. The Morgan fingerprint density at radius 3 is 2.64 bits per heavy atom. The minimum Gasteiger partial charge on any atom is -0.454 e. The first kappa shape index (κ1) is 20.3. The van der Waals surface area contributed by atoms with Crippen molar-refractivity contribution in [2.24, 2.45) is 0 Å². The zero-order chi connectivity index (χ0) is 20.1. The number of amides is 2.